The summed E-state index contributed by atoms with van der Waals surface area (Å²) in [6, 6.07) is 5.89. The molecule has 0 aliphatic carbocycles. The number of likely N-dealkylation sites (tertiary alicyclic amines) is 1. The summed E-state index contributed by atoms with van der Waals surface area (Å²) >= 11 is 0. The van der Waals surface area contributed by atoms with Crippen LogP contribution >= 0.6 is 0 Å². The Labute approximate surface area is 124 Å². The van der Waals surface area contributed by atoms with Gasteiger partial charge in [-0.3, -0.25) is 4.79 Å². The Morgan fingerprint density at radius 3 is 2.86 bits per heavy atom. The number of nitrogens with two attached hydrogens (primary N) is 1. The molecule has 1 fully saturated rings. The Balaban J connectivity index is 2.26. The van der Waals surface area contributed by atoms with Gasteiger partial charge < -0.3 is 9.64 Å². The highest BCUT2D eigenvalue weighted by Crippen LogP contribution is 2.21. The number of amides is 1. The second-order valence-electron chi connectivity index (χ2n) is 5.18. The number of ether oxygens (including phenoxy) is 1. The summed E-state index contributed by atoms with van der Waals surface area (Å²) in [7, 11) is -2.20. The second kappa shape index (κ2) is 6.55. The standard InChI is InChI=1S/C14H20N2O4S/c1-20-10-12-6-2-3-8-16(12)14(17)11-5-4-7-13(9-11)21(15,18)19/h4-5,7,9,12H,2-3,6,8,10H2,1H3,(H2,15,18,19)/t12-/m0/s1. The first-order valence-electron chi connectivity index (χ1n) is 6.86. The molecule has 1 amide bonds. The molecule has 116 valence electrons. The van der Waals surface area contributed by atoms with Gasteiger partial charge in [0.1, 0.15) is 0 Å². The highest BCUT2D eigenvalue weighted by atomic mass is 32.2. The van der Waals surface area contributed by atoms with Crippen LogP contribution in [0.25, 0.3) is 0 Å². The minimum atomic E-state index is -3.81. The molecule has 2 rings (SSSR count). The van der Waals surface area contributed by atoms with Gasteiger partial charge >= 0.3 is 0 Å². The van der Waals surface area contributed by atoms with Crippen LogP contribution in [0.15, 0.2) is 29.2 Å². The molecule has 0 spiro atoms. The van der Waals surface area contributed by atoms with Crippen molar-refractivity contribution in [2.45, 2.75) is 30.2 Å². The zero-order chi connectivity index (χ0) is 15.5. The Morgan fingerprint density at radius 2 is 2.19 bits per heavy atom. The van der Waals surface area contributed by atoms with Gasteiger partial charge in [-0.15, -0.1) is 0 Å². The van der Waals surface area contributed by atoms with Crippen LogP contribution in [0, 0.1) is 0 Å². The largest absolute Gasteiger partial charge is 0.383 e. The van der Waals surface area contributed by atoms with Crippen molar-refractivity contribution < 1.29 is 17.9 Å². The second-order valence-corrected chi connectivity index (χ2v) is 6.74. The van der Waals surface area contributed by atoms with Crippen LogP contribution in [0.3, 0.4) is 0 Å². The lowest BCUT2D eigenvalue weighted by atomic mass is 10.0. The summed E-state index contributed by atoms with van der Waals surface area (Å²) in [5.74, 6) is -0.178. The highest BCUT2D eigenvalue weighted by molar-refractivity contribution is 7.89. The number of hydrogen-bond acceptors (Lipinski definition) is 4. The predicted octanol–water partition coefficient (Wildman–Crippen LogP) is 0.975. The summed E-state index contributed by atoms with van der Waals surface area (Å²) in [6.07, 6.45) is 2.91. The molecule has 0 saturated carbocycles. The molecule has 0 unspecified atom stereocenters. The lowest BCUT2D eigenvalue weighted by Crippen LogP contribution is -2.46. The molecule has 1 aliphatic rings. The molecule has 6 nitrogen and oxygen atoms in total. The fourth-order valence-electron chi connectivity index (χ4n) is 2.61. The minimum Gasteiger partial charge on any atom is -0.383 e. The summed E-state index contributed by atoms with van der Waals surface area (Å²) < 4.78 is 27.9. The number of rotatable bonds is 4. The normalized spacial score (nSPS) is 19.5. The van der Waals surface area contributed by atoms with Gasteiger partial charge in [0.15, 0.2) is 0 Å². The van der Waals surface area contributed by atoms with Gasteiger partial charge in [0.05, 0.1) is 17.5 Å². The van der Waals surface area contributed by atoms with E-state index in [0.717, 1.165) is 19.3 Å². The van der Waals surface area contributed by atoms with E-state index in [2.05, 4.69) is 0 Å². The molecule has 1 atom stereocenters. The van der Waals surface area contributed by atoms with Gasteiger partial charge in [-0.1, -0.05) is 6.07 Å². The smallest absolute Gasteiger partial charge is 0.254 e. The Bertz CT molecular complexity index is 613. The number of sulfonamides is 1. The van der Waals surface area contributed by atoms with Crippen LogP contribution < -0.4 is 5.14 Å². The van der Waals surface area contributed by atoms with Gasteiger partial charge in [0, 0.05) is 19.2 Å². The van der Waals surface area contributed by atoms with Gasteiger partial charge in [0.25, 0.3) is 5.91 Å². The molecule has 0 aromatic heterocycles. The first-order valence-corrected chi connectivity index (χ1v) is 8.41. The van der Waals surface area contributed by atoms with Crippen LogP contribution in [0.2, 0.25) is 0 Å². The van der Waals surface area contributed by atoms with Crippen LogP contribution in [0.4, 0.5) is 0 Å². The van der Waals surface area contributed by atoms with Crippen LogP contribution in [-0.4, -0.2) is 45.5 Å². The summed E-state index contributed by atoms with van der Waals surface area (Å²) in [6.45, 7) is 1.15. The highest BCUT2D eigenvalue weighted by Gasteiger charge is 2.27. The van der Waals surface area contributed by atoms with Crippen LogP contribution in [0.1, 0.15) is 29.6 Å². The van der Waals surface area contributed by atoms with Crippen molar-refractivity contribution >= 4 is 15.9 Å². The fourth-order valence-corrected chi connectivity index (χ4v) is 3.16. The van der Waals surface area contributed by atoms with Gasteiger partial charge in [-0.2, -0.15) is 0 Å². The van der Waals surface area contributed by atoms with Crippen LogP contribution in [-0.2, 0) is 14.8 Å². The first kappa shape index (κ1) is 15.9. The summed E-state index contributed by atoms with van der Waals surface area (Å²) in [5.41, 5.74) is 0.338. The molecule has 1 aromatic rings. The molecule has 1 aliphatic heterocycles. The molecule has 2 N–H and O–H groups in total. The van der Waals surface area contributed by atoms with Crippen LogP contribution in [0.5, 0.6) is 0 Å². The molecule has 0 bridgehead atoms. The number of benzene rings is 1. The number of primary sulfonamides is 1. The summed E-state index contributed by atoms with van der Waals surface area (Å²) in [4.78, 5) is 14.3. The van der Waals surface area contributed by atoms with E-state index in [1.807, 2.05) is 0 Å². The maximum Gasteiger partial charge on any atom is 0.254 e. The number of carbonyl (C=O) groups is 1. The Hall–Kier alpha value is -1.44. The van der Waals surface area contributed by atoms with E-state index in [1.165, 1.54) is 18.2 Å². The molecule has 21 heavy (non-hydrogen) atoms. The minimum absolute atomic E-state index is 0.0365. The third-order valence-corrected chi connectivity index (χ3v) is 4.57. The summed E-state index contributed by atoms with van der Waals surface area (Å²) in [5, 5.41) is 5.11. The van der Waals surface area contributed by atoms with Crippen molar-refractivity contribution in [3.8, 4) is 0 Å². The Morgan fingerprint density at radius 1 is 1.43 bits per heavy atom. The molecular formula is C14H20N2O4S. The number of piperidine rings is 1. The first-order chi connectivity index (χ1) is 9.93. The third-order valence-electron chi connectivity index (χ3n) is 3.66. The number of carbonyl (C=O) groups excluding carboxylic acids is 1. The van der Waals surface area contributed by atoms with E-state index in [-0.39, 0.29) is 16.8 Å². The average Bonchev–Trinajstić information content (AvgIpc) is 2.47. The number of methoxy groups -OCH3 is 1. The topological polar surface area (TPSA) is 89.7 Å². The average molecular weight is 312 g/mol. The van der Waals surface area contributed by atoms with Crippen molar-refractivity contribution in [1.29, 1.82) is 0 Å². The Kier molecular flexibility index (Phi) is 4.97. The zero-order valence-corrected chi connectivity index (χ0v) is 12.8. The molecule has 7 heteroatoms. The predicted molar refractivity (Wildman–Crippen MR) is 78.4 cm³/mol. The fraction of sp³-hybridized carbons (Fsp3) is 0.500. The van der Waals surface area contributed by atoms with Crippen molar-refractivity contribution in [2.75, 3.05) is 20.3 Å². The van der Waals surface area contributed by atoms with E-state index in [0.29, 0.717) is 18.7 Å². The number of nitrogens with zero attached hydrogens (tertiary/aromatic N) is 1. The zero-order valence-electron chi connectivity index (χ0n) is 12.0. The van der Waals surface area contributed by atoms with E-state index in [9.17, 15) is 13.2 Å². The monoisotopic (exact) mass is 312 g/mol. The maximum atomic E-state index is 12.6. The molecular weight excluding hydrogens is 292 g/mol. The van der Waals surface area contributed by atoms with Gasteiger partial charge in [0.2, 0.25) is 10.0 Å². The van der Waals surface area contributed by atoms with E-state index >= 15 is 0 Å². The maximum absolute atomic E-state index is 12.6. The van der Waals surface area contributed by atoms with Crippen molar-refractivity contribution in [1.82, 2.24) is 4.90 Å². The van der Waals surface area contributed by atoms with E-state index in [1.54, 1.807) is 18.1 Å². The molecule has 0 radical (unpaired) electrons. The van der Waals surface area contributed by atoms with E-state index in [4.69, 9.17) is 9.88 Å². The SMILES string of the molecule is COC[C@@H]1CCCCN1C(=O)c1cccc(S(N)(=O)=O)c1. The van der Waals surface area contributed by atoms with Crippen molar-refractivity contribution in [2.24, 2.45) is 5.14 Å². The third kappa shape index (κ3) is 3.81. The van der Waals surface area contributed by atoms with Crippen molar-refractivity contribution in [3.63, 3.8) is 0 Å². The number of hydrogen-bond donors (Lipinski definition) is 1. The lowest BCUT2D eigenvalue weighted by Gasteiger charge is -2.35. The van der Waals surface area contributed by atoms with Gasteiger partial charge in [-0.25, -0.2) is 13.6 Å². The van der Waals surface area contributed by atoms with Crippen molar-refractivity contribution in [3.05, 3.63) is 29.8 Å². The van der Waals surface area contributed by atoms with E-state index < -0.39 is 10.0 Å². The molecule has 1 saturated heterocycles. The molecule has 1 aromatic carbocycles. The quantitative estimate of drug-likeness (QED) is 0.897. The lowest BCUT2D eigenvalue weighted by molar-refractivity contribution is 0.0428. The molecule has 1 heterocycles. The van der Waals surface area contributed by atoms with Gasteiger partial charge in [-0.05, 0) is 37.5 Å².